The van der Waals surface area contributed by atoms with E-state index in [0.29, 0.717) is 6.61 Å². The maximum Gasteiger partial charge on any atom is 0.160 e. The monoisotopic (exact) mass is 256 g/mol. The summed E-state index contributed by atoms with van der Waals surface area (Å²) in [7, 11) is 6.60. The fraction of sp³-hybridized carbons (Fsp3) is 0.571. The van der Waals surface area contributed by atoms with E-state index in [4.69, 9.17) is 18.9 Å². The van der Waals surface area contributed by atoms with Crippen LogP contribution >= 0.6 is 0 Å². The van der Waals surface area contributed by atoms with Crippen molar-refractivity contribution < 1.29 is 18.9 Å². The second kappa shape index (κ2) is 9.74. The van der Waals surface area contributed by atoms with Gasteiger partial charge in [0, 0.05) is 14.2 Å². The average molecular weight is 256 g/mol. The normalized spacial score (nSPS) is 11.2. The van der Waals surface area contributed by atoms with E-state index in [1.54, 1.807) is 28.4 Å². The largest absolute Gasteiger partial charge is 0.493 e. The highest BCUT2D eigenvalue weighted by molar-refractivity contribution is 5.42. The number of methoxy groups -OCH3 is 4. The highest BCUT2D eigenvalue weighted by Crippen LogP contribution is 2.26. The first-order valence-electron chi connectivity index (χ1n) is 5.79. The molecule has 18 heavy (non-hydrogen) atoms. The first-order valence-corrected chi connectivity index (χ1v) is 5.79. The van der Waals surface area contributed by atoms with Crippen LogP contribution in [0, 0.1) is 6.92 Å². The van der Waals surface area contributed by atoms with Crippen molar-refractivity contribution in [1.82, 2.24) is 0 Å². The second-order valence-electron chi connectivity index (χ2n) is 3.86. The minimum atomic E-state index is 0.227. The number of hydrogen-bond acceptors (Lipinski definition) is 4. The van der Waals surface area contributed by atoms with Crippen molar-refractivity contribution in [2.24, 2.45) is 0 Å². The summed E-state index contributed by atoms with van der Waals surface area (Å²) in [5, 5.41) is 0. The molecule has 4 nitrogen and oxygen atoms in total. The quantitative estimate of drug-likeness (QED) is 0.811. The first kappa shape index (κ1) is 16.7. The Kier molecular flexibility index (Phi) is 9.06. The van der Waals surface area contributed by atoms with Gasteiger partial charge in [0.2, 0.25) is 0 Å². The van der Waals surface area contributed by atoms with Gasteiger partial charge in [0.1, 0.15) is 0 Å². The first-order chi connectivity index (χ1) is 8.58. The smallest absolute Gasteiger partial charge is 0.160 e. The number of hydrogen-bond donors (Lipinski definition) is 0. The molecule has 1 rings (SSSR count). The molecule has 1 unspecified atom stereocenters. The summed E-state index contributed by atoms with van der Waals surface area (Å²) in [6.45, 7) is 4.65. The van der Waals surface area contributed by atoms with Gasteiger partial charge in [-0.3, -0.25) is 0 Å². The maximum absolute atomic E-state index is 5.09. The lowest BCUT2D eigenvalue weighted by Gasteiger charge is -2.06. The molecule has 1 aromatic rings. The number of rotatable bonds is 5. The van der Waals surface area contributed by atoms with Gasteiger partial charge < -0.3 is 18.9 Å². The molecule has 0 bridgehead atoms. The number of ether oxygens (including phenoxy) is 4. The molecule has 0 saturated carbocycles. The van der Waals surface area contributed by atoms with Crippen LogP contribution in [0.5, 0.6) is 11.5 Å². The Bertz CT molecular complexity index is 326. The van der Waals surface area contributed by atoms with E-state index in [9.17, 15) is 0 Å². The van der Waals surface area contributed by atoms with E-state index in [2.05, 4.69) is 0 Å². The Morgan fingerprint density at radius 3 is 2.00 bits per heavy atom. The Hall–Kier alpha value is -1.26. The van der Waals surface area contributed by atoms with Gasteiger partial charge in [-0.25, -0.2) is 0 Å². The topological polar surface area (TPSA) is 36.9 Å². The number of aryl methyl sites for hydroxylation is 1. The SMILES string of the molecule is COCC(C)OC.COc1ccc(C)cc1OC. The van der Waals surface area contributed by atoms with Crippen molar-refractivity contribution >= 4 is 0 Å². The second-order valence-corrected chi connectivity index (χ2v) is 3.86. The van der Waals surface area contributed by atoms with E-state index in [1.807, 2.05) is 32.0 Å². The molecule has 0 fully saturated rings. The molecule has 0 radical (unpaired) electrons. The molecule has 104 valence electrons. The van der Waals surface area contributed by atoms with E-state index in [-0.39, 0.29) is 6.10 Å². The highest BCUT2D eigenvalue weighted by atomic mass is 16.5. The molecule has 0 spiro atoms. The van der Waals surface area contributed by atoms with E-state index < -0.39 is 0 Å². The molecule has 0 saturated heterocycles. The van der Waals surface area contributed by atoms with Gasteiger partial charge in [-0.05, 0) is 31.5 Å². The van der Waals surface area contributed by atoms with E-state index in [0.717, 1.165) is 11.5 Å². The lowest BCUT2D eigenvalue weighted by Crippen LogP contribution is -2.11. The standard InChI is InChI=1S/C9H12O2.C5H12O2/c1-7-4-5-8(10-2)9(6-7)11-3;1-5(7-3)4-6-2/h4-6H,1-3H3;5H,4H2,1-3H3. The molecule has 1 atom stereocenters. The summed E-state index contributed by atoms with van der Waals surface area (Å²) in [5.74, 6) is 1.56. The van der Waals surface area contributed by atoms with Crippen LogP contribution < -0.4 is 9.47 Å². The molecule has 0 heterocycles. The zero-order valence-corrected chi connectivity index (χ0v) is 12.1. The van der Waals surface area contributed by atoms with Gasteiger partial charge >= 0.3 is 0 Å². The van der Waals surface area contributed by atoms with Crippen molar-refractivity contribution in [2.75, 3.05) is 35.0 Å². The van der Waals surface area contributed by atoms with Crippen LogP contribution in [-0.4, -0.2) is 41.2 Å². The molecule has 0 aliphatic carbocycles. The highest BCUT2D eigenvalue weighted by Gasteiger charge is 2.00. The van der Waals surface area contributed by atoms with Crippen molar-refractivity contribution in [3.8, 4) is 11.5 Å². The van der Waals surface area contributed by atoms with Gasteiger partial charge in [-0.1, -0.05) is 6.07 Å². The number of benzene rings is 1. The van der Waals surface area contributed by atoms with Crippen LogP contribution in [0.1, 0.15) is 12.5 Å². The van der Waals surface area contributed by atoms with Crippen LogP contribution in [0.3, 0.4) is 0 Å². The predicted octanol–water partition coefficient (Wildman–Crippen LogP) is 2.68. The van der Waals surface area contributed by atoms with Crippen LogP contribution in [0.4, 0.5) is 0 Å². The molecule has 0 amide bonds. The predicted molar refractivity (Wildman–Crippen MR) is 72.6 cm³/mol. The molecule has 4 heteroatoms. The zero-order chi connectivity index (χ0) is 14.0. The Labute approximate surface area is 110 Å². The lowest BCUT2D eigenvalue weighted by molar-refractivity contribution is 0.0401. The maximum atomic E-state index is 5.09. The minimum absolute atomic E-state index is 0.227. The van der Waals surface area contributed by atoms with Gasteiger partial charge in [0.25, 0.3) is 0 Å². The van der Waals surface area contributed by atoms with Crippen molar-refractivity contribution in [3.63, 3.8) is 0 Å². The summed E-state index contributed by atoms with van der Waals surface area (Å²) >= 11 is 0. The fourth-order valence-electron chi connectivity index (χ4n) is 1.25. The summed E-state index contributed by atoms with van der Waals surface area (Å²) in [6.07, 6.45) is 0.227. The van der Waals surface area contributed by atoms with E-state index >= 15 is 0 Å². The van der Waals surface area contributed by atoms with Crippen molar-refractivity contribution in [2.45, 2.75) is 20.0 Å². The van der Waals surface area contributed by atoms with Crippen molar-refractivity contribution in [3.05, 3.63) is 23.8 Å². The van der Waals surface area contributed by atoms with Gasteiger partial charge in [-0.15, -0.1) is 0 Å². The average Bonchev–Trinajstić information content (AvgIpc) is 2.39. The lowest BCUT2D eigenvalue weighted by atomic mass is 10.2. The zero-order valence-electron chi connectivity index (χ0n) is 12.1. The third kappa shape index (κ3) is 6.47. The minimum Gasteiger partial charge on any atom is -0.493 e. The molecular weight excluding hydrogens is 232 g/mol. The van der Waals surface area contributed by atoms with Gasteiger partial charge in [0.05, 0.1) is 26.9 Å². The molecular formula is C14H24O4. The van der Waals surface area contributed by atoms with Gasteiger partial charge in [0.15, 0.2) is 11.5 Å². The third-order valence-electron chi connectivity index (χ3n) is 2.34. The van der Waals surface area contributed by atoms with Crippen LogP contribution in [0.25, 0.3) is 0 Å². The summed E-state index contributed by atoms with van der Waals surface area (Å²) in [6, 6.07) is 5.83. The summed E-state index contributed by atoms with van der Waals surface area (Å²) < 4.78 is 19.8. The molecule has 1 aromatic carbocycles. The van der Waals surface area contributed by atoms with Crippen molar-refractivity contribution in [1.29, 1.82) is 0 Å². The van der Waals surface area contributed by atoms with Crippen LogP contribution in [-0.2, 0) is 9.47 Å². The Morgan fingerprint density at radius 1 is 1.00 bits per heavy atom. The molecule has 0 aliphatic rings. The fourth-order valence-corrected chi connectivity index (χ4v) is 1.25. The Morgan fingerprint density at radius 2 is 1.61 bits per heavy atom. The molecule has 0 aromatic heterocycles. The van der Waals surface area contributed by atoms with E-state index in [1.165, 1.54) is 5.56 Å². The molecule has 0 aliphatic heterocycles. The molecule has 0 N–H and O–H groups in total. The van der Waals surface area contributed by atoms with Crippen LogP contribution in [0.2, 0.25) is 0 Å². The summed E-state index contributed by atoms with van der Waals surface area (Å²) in [5.41, 5.74) is 1.17. The Balaban J connectivity index is 0.000000360. The van der Waals surface area contributed by atoms with Crippen LogP contribution in [0.15, 0.2) is 18.2 Å². The van der Waals surface area contributed by atoms with Gasteiger partial charge in [-0.2, -0.15) is 0 Å². The summed E-state index contributed by atoms with van der Waals surface area (Å²) in [4.78, 5) is 0. The third-order valence-corrected chi connectivity index (χ3v) is 2.34.